The first-order valence-electron chi connectivity index (χ1n) is 9.31. The van der Waals surface area contributed by atoms with E-state index in [0.717, 1.165) is 17.8 Å². The van der Waals surface area contributed by atoms with Crippen molar-refractivity contribution >= 4 is 23.2 Å². The minimum Gasteiger partial charge on any atom is -0.351 e. The van der Waals surface area contributed by atoms with Crippen molar-refractivity contribution < 1.29 is 9.59 Å². The largest absolute Gasteiger partial charge is 0.351 e. The van der Waals surface area contributed by atoms with Gasteiger partial charge in [-0.25, -0.2) is 0 Å². The second-order valence-electron chi connectivity index (χ2n) is 7.58. The summed E-state index contributed by atoms with van der Waals surface area (Å²) in [5.74, 6) is 0.649. The molecule has 2 heterocycles. The highest BCUT2D eigenvalue weighted by atomic mass is 32.1. The van der Waals surface area contributed by atoms with E-state index < -0.39 is 0 Å². The lowest BCUT2D eigenvalue weighted by Crippen LogP contribution is -2.51. The molecule has 1 aromatic rings. The summed E-state index contributed by atoms with van der Waals surface area (Å²) in [5, 5.41) is 5.30. The van der Waals surface area contributed by atoms with E-state index in [1.54, 1.807) is 16.2 Å². The van der Waals surface area contributed by atoms with Crippen molar-refractivity contribution in [3.8, 4) is 0 Å². The second-order valence-corrected chi connectivity index (χ2v) is 8.61. The molecule has 2 amide bonds. The molecular weight excluding hydrogens is 334 g/mol. The second kappa shape index (κ2) is 8.32. The van der Waals surface area contributed by atoms with Gasteiger partial charge in [-0.05, 0) is 50.7 Å². The van der Waals surface area contributed by atoms with Crippen LogP contribution in [0, 0.1) is 5.92 Å². The van der Waals surface area contributed by atoms with Crippen LogP contribution in [0.2, 0.25) is 0 Å². The molecule has 0 bridgehead atoms. The topological polar surface area (TPSA) is 52.7 Å². The normalized spacial score (nSPS) is 27.1. The Kier molecular flexibility index (Phi) is 6.12. The lowest BCUT2D eigenvalue weighted by Gasteiger charge is -2.35. The highest BCUT2D eigenvalue weighted by molar-refractivity contribution is 7.09. The SMILES string of the molecule is CN(C)CC1CCCCC1NC(=O)C1CCC(=O)N1Cc1cccs1. The molecule has 0 spiro atoms. The molecule has 1 aliphatic carbocycles. The molecular formula is C19H29N3O2S. The lowest BCUT2D eigenvalue weighted by molar-refractivity contribution is -0.136. The highest BCUT2D eigenvalue weighted by Gasteiger charge is 2.38. The number of carbonyl (C=O) groups is 2. The molecule has 5 nitrogen and oxygen atoms in total. The summed E-state index contributed by atoms with van der Waals surface area (Å²) in [4.78, 5) is 30.3. The molecule has 1 saturated carbocycles. The van der Waals surface area contributed by atoms with Crippen LogP contribution in [-0.2, 0) is 16.1 Å². The quantitative estimate of drug-likeness (QED) is 0.845. The minimum absolute atomic E-state index is 0.0399. The van der Waals surface area contributed by atoms with Gasteiger partial charge < -0.3 is 15.1 Å². The summed E-state index contributed by atoms with van der Waals surface area (Å²) >= 11 is 1.64. The third-order valence-electron chi connectivity index (χ3n) is 5.37. The molecule has 0 aromatic carbocycles. The number of hydrogen-bond donors (Lipinski definition) is 1. The fraction of sp³-hybridized carbons (Fsp3) is 0.684. The van der Waals surface area contributed by atoms with Gasteiger partial charge in [-0.15, -0.1) is 11.3 Å². The van der Waals surface area contributed by atoms with Gasteiger partial charge in [0, 0.05) is 23.9 Å². The monoisotopic (exact) mass is 363 g/mol. The maximum atomic E-state index is 12.9. The molecule has 2 aliphatic rings. The third-order valence-corrected chi connectivity index (χ3v) is 6.23. The van der Waals surface area contributed by atoms with E-state index in [9.17, 15) is 9.59 Å². The summed E-state index contributed by atoms with van der Waals surface area (Å²) in [6, 6.07) is 3.95. The Morgan fingerprint density at radius 1 is 1.32 bits per heavy atom. The fourth-order valence-electron chi connectivity index (χ4n) is 4.14. The van der Waals surface area contributed by atoms with E-state index in [1.807, 2.05) is 17.5 Å². The predicted molar refractivity (Wildman–Crippen MR) is 100 cm³/mol. The van der Waals surface area contributed by atoms with Crippen molar-refractivity contribution in [2.75, 3.05) is 20.6 Å². The number of carbonyl (C=O) groups excluding carboxylic acids is 2. The maximum Gasteiger partial charge on any atom is 0.243 e. The zero-order valence-corrected chi connectivity index (χ0v) is 16.1. The summed E-state index contributed by atoms with van der Waals surface area (Å²) in [5.41, 5.74) is 0. The van der Waals surface area contributed by atoms with Crippen molar-refractivity contribution in [2.45, 2.75) is 57.2 Å². The zero-order valence-electron chi connectivity index (χ0n) is 15.2. The van der Waals surface area contributed by atoms with Crippen LogP contribution in [0.15, 0.2) is 17.5 Å². The predicted octanol–water partition coefficient (Wildman–Crippen LogP) is 2.48. The zero-order chi connectivity index (χ0) is 17.8. The summed E-state index contributed by atoms with van der Waals surface area (Å²) in [6.07, 6.45) is 5.77. The molecule has 138 valence electrons. The van der Waals surface area contributed by atoms with Gasteiger partial charge in [-0.2, -0.15) is 0 Å². The van der Waals surface area contributed by atoms with Gasteiger partial charge in [-0.1, -0.05) is 18.9 Å². The van der Waals surface area contributed by atoms with E-state index in [1.165, 1.54) is 19.3 Å². The lowest BCUT2D eigenvalue weighted by atomic mass is 9.84. The maximum absolute atomic E-state index is 12.9. The Morgan fingerprint density at radius 3 is 2.84 bits per heavy atom. The Bertz CT molecular complexity index is 587. The average molecular weight is 364 g/mol. The Balaban J connectivity index is 1.63. The van der Waals surface area contributed by atoms with Crippen molar-refractivity contribution in [3.05, 3.63) is 22.4 Å². The fourth-order valence-corrected chi connectivity index (χ4v) is 4.84. The molecule has 6 heteroatoms. The molecule has 1 aromatic heterocycles. The van der Waals surface area contributed by atoms with Crippen LogP contribution in [0.1, 0.15) is 43.4 Å². The molecule has 0 radical (unpaired) electrons. The molecule has 1 N–H and O–H groups in total. The van der Waals surface area contributed by atoms with Crippen molar-refractivity contribution in [2.24, 2.45) is 5.92 Å². The van der Waals surface area contributed by atoms with Crippen LogP contribution in [0.5, 0.6) is 0 Å². The molecule has 3 atom stereocenters. The van der Waals surface area contributed by atoms with Crippen LogP contribution in [0.3, 0.4) is 0 Å². The summed E-state index contributed by atoms with van der Waals surface area (Å²) < 4.78 is 0. The van der Waals surface area contributed by atoms with Crippen molar-refractivity contribution in [3.63, 3.8) is 0 Å². The molecule has 3 rings (SSSR count). The smallest absolute Gasteiger partial charge is 0.243 e. The number of nitrogens with one attached hydrogen (secondary N) is 1. The van der Waals surface area contributed by atoms with Crippen molar-refractivity contribution in [1.29, 1.82) is 0 Å². The van der Waals surface area contributed by atoms with E-state index in [2.05, 4.69) is 24.3 Å². The van der Waals surface area contributed by atoms with E-state index in [-0.39, 0.29) is 23.9 Å². The highest BCUT2D eigenvalue weighted by Crippen LogP contribution is 2.27. The van der Waals surface area contributed by atoms with Gasteiger partial charge in [-0.3, -0.25) is 9.59 Å². The van der Waals surface area contributed by atoms with Gasteiger partial charge >= 0.3 is 0 Å². The molecule has 25 heavy (non-hydrogen) atoms. The number of hydrogen-bond acceptors (Lipinski definition) is 4. The van der Waals surface area contributed by atoms with Crippen LogP contribution >= 0.6 is 11.3 Å². The Labute approximate surface area is 154 Å². The van der Waals surface area contributed by atoms with Gasteiger partial charge in [0.1, 0.15) is 6.04 Å². The first kappa shape index (κ1) is 18.4. The number of nitrogens with zero attached hydrogens (tertiary/aromatic N) is 2. The van der Waals surface area contributed by atoms with Crippen LogP contribution in [0.25, 0.3) is 0 Å². The number of rotatable bonds is 6. The van der Waals surface area contributed by atoms with E-state index in [4.69, 9.17) is 0 Å². The van der Waals surface area contributed by atoms with Crippen LogP contribution < -0.4 is 5.32 Å². The van der Waals surface area contributed by atoms with Crippen LogP contribution in [0.4, 0.5) is 0 Å². The van der Waals surface area contributed by atoms with Gasteiger partial charge in [0.15, 0.2) is 0 Å². The standard InChI is InChI=1S/C19H29N3O2S/c1-21(2)12-14-6-3-4-8-16(14)20-19(24)17-9-10-18(23)22(17)13-15-7-5-11-25-15/h5,7,11,14,16-17H,3-4,6,8-10,12-13H2,1-2H3,(H,20,24). The Morgan fingerprint density at radius 2 is 2.12 bits per heavy atom. The van der Waals surface area contributed by atoms with Crippen LogP contribution in [-0.4, -0.2) is 54.3 Å². The summed E-state index contributed by atoms with van der Waals surface area (Å²) in [6.45, 7) is 1.56. The number of thiophene rings is 1. The number of amides is 2. The Hall–Kier alpha value is -1.40. The van der Waals surface area contributed by atoms with Gasteiger partial charge in [0.25, 0.3) is 0 Å². The van der Waals surface area contributed by atoms with Gasteiger partial charge in [0.05, 0.1) is 6.54 Å². The third kappa shape index (κ3) is 4.61. The minimum atomic E-state index is -0.309. The van der Waals surface area contributed by atoms with E-state index in [0.29, 0.717) is 25.3 Å². The first-order chi connectivity index (χ1) is 12.0. The number of likely N-dealkylation sites (tertiary alicyclic amines) is 1. The molecule has 1 aliphatic heterocycles. The molecule has 2 fully saturated rings. The molecule has 1 saturated heterocycles. The van der Waals surface area contributed by atoms with E-state index >= 15 is 0 Å². The van der Waals surface area contributed by atoms with Crippen molar-refractivity contribution in [1.82, 2.24) is 15.1 Å². The summed E-state index contributed by atoms with van der Waals surface area (Å²) in [7, 11) is 4.18. The van der Waals surface area contributed by atoms with Gasteiger partial charge in [0.2, 0.25) is 11.8 Å². The molecule has 3 unspecified atom stereocenters. The first-order valence-corrected chi connectivity index (χ1v) is 10.2. The average Bonchev–Trinajstić information content (AvgIpc) is 3.20.